The lowest BCUT2D eigenvalue weighted by molar-refractivity contribution is -0.133. The highest BCUT2D eigenvalue weighted by Crippen LogP contribution is 2.33. The maximum absolute atomic E-state index is 12.1. The van der Waals surface area contributed by atoms with Crippen molar-refractivity contribution in [3.05, 3.63) is 23.7 Å². The number of hydrogen-bond donors (Lipinski definition) is 1. The first-order valence-electron chi connectivity index (χ1n) is 8.42. The molecule has 0 radical (unpaired) electrons. The third-order valence-electron chi connectivity index (χ3n) is 5.22. The highest BCUT2D eigenvalue weighted by Gasteiger charge is 2.35. The third-order valence-corrected chi connectivity index (χ3v) is 5.22. The van der Waals surface area contributed by atoms with E-state index >= 15 is 0 Å². The molecule has 2 heterocycles. The van der Waals surface area contributed by atoms with Gasteiger partial charge in [0.2, 0.25) is 5.91 Å². The van der Waals surface area contributed by atoms with Crippen LogP contribution in [0.4, 0.5) is 0 Å². The second-order valence-electron chi connectivity index (χ2n) is 6.78. The van der Waals surface area contributed by atoms with Crippen molar-refractivity contribution >= 4 is 5.91 Å². The Balaban J connectivity index is 1.32. The molecular weight excluding hydrogens is 264 g/mol. The van der Waals surface area contributed by atoms with Crippen molar-refractivity contribution in [2.24, 2.45) is 5.92 Å². The molecule has 0 aromatic carbocycles. The minimum Gasteiger partial charge on any atom is -0.469 e. The van der Waals surface area contributed by atoms with Crippen molar-refractivity contribution in [1.82, 2.24) is 10.2 Å². The van der Waals surface area contributed by atoms with Gasteiger partial charge in [-0.25, -0.2) is 0 Å². The van der Waals surface area contributed by atoms with Gasteiger partial charge in [0.1, 0.15) is 5.76 Å². The van der Waals surface area contributed by atoms with Gasteiger partial charge >= 0.3 is 0 Å². The number of carbonyl (C=O) groups is 1. The van der Waals surface area contributed by atoms with Crippen molar-refractivity contribution < 1.29 is 9.21 Å². The van der Waals surface area contributed by atoms with Crippen LogP contribution in [-0.4, -0.2) is 29.9 Å². The smallest absolute Gasteiger partial charge is 0.225 e. The Labute approximate surface area is 125 Å². The highest BCUT2D eigenvalue weighted by molar-refractivity contribution is 5.81. The van der Waals surface area contributed by atoms with E-state index < -0.39 is 0 Å². The van der Waals surface area contributed by atoms with Crippen LogP contribution in [0.25, 0.3) is 0 Å². The van der Waals surface area contributed by atoms with Crippen LogP contribution in [-0.2, 0) is 11.2 Å². The number of rotatable bonds is 3. The molecule has 114 valence electrons. The Morgan fingerprint density at radius 3 is 2.76 bits per heavy atom. The second kappa shape index (κ2) is 5.48. The first kappa shape index (κ1) is 13.4. The third kappa shape index (κ3) is 2.73. The zero-order valence-corrected chi connectivity index (χ0v) is 12.5. The summed E-state index contributed by atoms with van der Waals surface area (Å²) in [5.74, 6) is 1.93. The first-order chi connectivity index (χ1) is 10.3. The molecule has 1 saturated heterocycles. The van der Waals surface area contributed by atoms with Gasteiger partial charge in [-0.2, -0.15) is 0 Å². The fraction of sp³-hybridized carbons (Fsp3) is 0.706. The largest absolute Gasteiger partial charge is 0.469 e. The van der Waals surface area contributed by atoms with Crippen molar-refractivity contribution in [2.45, 2.75) is 57.0 Å². The fourth-order valence-electron chi connectivity index (χ4n) is 3.80. The number of piperidine rings is 1. The van der Waals surface area contributed by atoms with Gasteiger partial charge in [0, 0.05) is 43.1 Å². The number of likely N-dealkylation sites (tertiary alicyclic amines) is 1. The standard InChI is InChI=1S/C17H24N2O2/c20-17(12-4-5-12)19-9-6-13(7-10-19)18-15-2-1-3-16-14(15)8-11-21-16/h8,11-13,15,18H,1-7,9-10H2. The van der Waals surface area contributed by atoms with Gasteiger partial charge in [0.05, 0.1) is 6.26 Å². The van der Waals surface area contributed by atoms with Gasteiger partial charge in [-0.05, 0) is 44.6 Å². The first-order valence-corrected chi connectivity index (χ1v) is 8.42. The summed E-state index contributed by atoms with van der Waals surface area (Å²) in [6, 6.07) is 3.11. The number of amides is 1. The summed E-state index contributed by atoms with van der Waals surface area (Å²) in [5.41, 5.74) is 1.36. The zero-order chi connectivity index (χ0) is 14.2. The Hall–Kier alpha value is -1.29. The highest BCUT2D eigenvalue weighted by atomic mass is 16.3. The summed E-state index contributed by atoms with van der Waals surface area (Å²) in [7, 11) is 0. The number of carbonyl (C=O) groups excluding carboxylic acids is 1. The van der Waals surface area contributed by atoms with Crippen molar-refractivity contribution in [3.63, 3.8) is 0 Å². The Kier molecular flexibility index (Phi) is 3.49. The van der Waals surface area contributed by atoms with Crippen LogP contribution in [0.3, 0.4) is 0 Å². The van der Waals surface area contributed by atoms with Crippen LogP contribution in [0.1, 0.15) is 55.9 Å². The molecule has 21 heavy (non-hydrogen) atoms. The van der Waals surface area contributed by atoms with Gasteiger partial charge in [0.15, 0.2) is 0 Å². The molecule has 2 fully saturated rings. The Bertz CT molecular complexity index is 513. The topological polar surface area (TPSA) is 45.5 Å². The van der Waals surface area contributed by atoms with Gasteiger partial charge in [-0.3, -0.25) is 4.79 Å². The molecule has 1 aromatic heterocycles. The molecule has 0 spiro atoms. The molecule has 3 aliphatic rings. The van der Waals surface area contributed by atoms with Crippen LogP contribution >= 0.6 is 0 Å². The average Bonchev–Trinajstić information content (AvgIpc) is 3.25. The van der Waals surface area contributed by atoms with Gasteiger partial charge < -0.3 is 14.6 Å². The minimum atomic E-state index is 0.362. The summed E-state index contributed by atoms with van der Waals surface area (Å²) in [6.07, 6.45) is 9.70. The lowest BCUT2D eigenvalue weighted by atomic mass is 9.91. The average molecular weight is 288 g/mol. The molecule has 1 amide bonds. The van der Waals surface area contributed by atoms with Crippen molar-refractivity contribution in [1.29, 1.82) is 0 Å². The van der Waals surface area contributed by atoms with Crippen LogP contribution < -0.4 is 5.32 Å². The number of nitrogens with one attached hydrogen (secondary N) is 1. The summed E-state index contributed by atoms with van der Waals surface area (Å²) in [5, 5.41) is 3.81. The molecule has 1 aromatic rings. The number of furan rings is 1. The predicted octanol–water partition coefficient (Wildman–Crippen LogP) is 2.65. The predicted molar refractivity (Wildman–Crippen MR) is 79.8 cm³/mol. The number of nitrogens with zero attached hydrogens (tertiary/aromatic N) is 1. The van der Waals surface area contributed by atoms with E-state index in [9.17, 15) is 4.79 Å². The lowest BCUT2D eigenvalue weighted by Crippen LogP contribution is -2.46. The molecule has 1 saturated carbocycles. The van der Waals surface area contributed by atoms with Crippen LogP contribution in [0.2, 0.25) is 0 Å². The molecule has 1 N–H and O–H groups in total. The van der Waals surface area contributed by atoms with Crippen LogP contribution in [0, 0.1) is 5.92 Å². The molecule has 4 nitrogen and oxygen atoms in total. The Morgan fingerprint density at radius 2 is 2.00 bits per heavy atom. The normalized spacial score (nSPS) is 26.7. The maximum atomic E-state index is 12.1. The van der Waals surface area contributed by atoms with Crippen LogP contribution in [0.15, 0.2) is 16.7 Å². The Morgan fingerprint density at radius 1 is 1.19 bits per heavy atom. The molecular formula is C17H24N2O2. The molecule has 1 unspecified atom stereocenters. The minimum absolute atomic E-state index is 0.362. The summed E-state index contributed by atoms with van der Waals surface area (Å²) in [4.78, 5) is 14.2. The molecule has 4 heteroatoms. The SMILES string of the molecule is O=C(C1CC1)N1CCC(NC2CCCc3occc32)CC1. The van der Waals surface area contributed by atoms with E-state index in [1.165, 1.54) is 24.2 Å². The molecule has 2 aliphatic carbocycles. The van der Waals surface area contributed by atoms with E-state index in [0.29, 0.717) is 23.9 Å². The van der Waals surface area contributed by atoms with Gasteiger partial charge in [0.25, 0.3) is 0 Å². The van der Waals surface area contributed by atoms with Crippen LogP contribution in [0.5, 0.6) is 0 Å². The van der Waals surface area contributed by atoms with E-state index in [0.717, 1.165) is 45.2 Å². The van der Waals surface area contributed by atoms with E-state index in [4.69, 9.17) is 4.42 Å². The summed E-state index contributed by atoms with van der Waals surface area (Å²) in [6.45, 7) is 1.86. The molecule has 1 atom stereocenters. The van der Waals surface area contributed by atoms with Gasteiger partial charge in [-0.1, -0.05) is 0 Å². The number of fused-ring (bicyclic) bond motifs is 1. The van der Waals surface area contributed by atoms with E-state index in [1.807, 2.05) is 6.26 Å². The van der Waals surface area contributed by atoms with E-state index in [1.54, 1.807) is 0 Å². The zero-order valence-electron chi connectivity index (χ0n) is 12.5. The number of hydrogen-bond acceptors (Lipinski definition) is 3. The lowest BCUT2D eigenvalue weighted by Gasteiger charge is -2.35. The monoisotopic (exact) mass is 288 g/mol. The number of aryl methyl sites for hydroxylation is 1. The summed E-state index contributed by atoms with van der Waals surface area (Å²) >= 11 is 0. The molecule has 4 rings (SSSR count). The fourth-order valence-corrected chi connectivity index (χ4v) is 3.80. The van der Waals surface area contributed by atoms with Crippen molar-refractivity contribution in [3.8, 4) is 0 Å². The molecule has 1 aliphatic heterocycles. The van der Waals surface area contributed by atoms with E-state index in [-0.39, 0.29) is 0 Å². The quantitative estimate of drug-likeness (QED) is 0.930. The molecule has 0 bridgehead atoms. The van der Waals surface area contributed by atoms with Gasteiger partial charge in [-0.15, -0.1) is 0 Å². The van der Waals surface area contributed by atoms with Crippen molar-refractivity contribution in [2.75, 3.05) is 13.1 Å². The maximum Gasteiger partial charge on any atom is 0.225 e. The second-order valence-corrected chi connectivity index (χ2v) is 6.78. The summed E-state index contributed by atoms with van der Waals surface area (Å²) < 4.78 is 5.56. The van der Waals surface area contributed by atoms with E-state index in [2.05, 4.69) is 16.3 Å².